The standard InChI is InChI=1S/C14H17Cl2NO3S/c1-19-14(18)12-9-17(4-6-20-12)5-7-21-13-8-10(15)2-3-11(13)16/h2-3,8,12H,4-7,9H2,1H3. The van der Waals surface area contributed by atoms with Gasteiger partial charge in [-0.1, -0.05) is 23.2 Å². The third-order valence-corrected chi connectivity index (χ3v) is 4.89. The molecule has 0 aromatic heterocycles. The lowest BCUT2D eigenvalue weighted by Crippen LogP contribution is -2.47. The van der Waals surface area contributed by atoms with E-state index in [9.17, 15) is 4.79 Å². The zero-order chi connectivity index (χ0) is 15.2. The predicted molar refractivity (Wildman–Crippen MR) is 85.4 cm³/mol. The van der Waals surface area contributed by atoms with Gasteiger partial charge in [0.15, 0.2) is 6.10 Å². The smallest absolute Gasteiger partial charge is 0.336 e. The van der Waals surface area contributed by atoms with Gasteiger partial charge in [0.1, 0.15) is 0 Å². The van der Waals surface area contributed by atoms with E-state index in [0.717, 1.165) is 23.7 Å². The van der Waals surface area contributed by atoms with Gasteiger partial charge in [0.2, 0.25) is 0 Å². The average Bonchev–Trinajstić information content (AvgIpc) is 2.50. The van der Waals surface area contributed by atoms with E-state index in [1.54, 1.807) is 23.9 Å². The summed E-state index contributed by atoms with van der Waals surface area (Å²) in [7, 11) is 1.38. The molecule has 1 heterocycles. The Kier molecular flexibility index (Phi) is 6.64. The van der Waals surface area contributed by atoms with E-state index in [1.807, 2.05) is 6.07 Å². The number of carbonyl (C=O) groups is 1. The van der Waals surface area contributed by atoms with Crippen LogP contribution >= 0.6 is 35.0 Å². The molecule has 7 heteroatoms. The molecule has 0 aliphatic carbocycles. The van der Waals surface area contributed by atoms with E-state index in [4.69, 9.17) is 32.7 Å². The number of ether oxygens (including phenoxy) is 2. The summed E-state index contributed by atoms with van der Waals surface area (Å²) < 4.78 is 10.1. The van der Waals surface area contributed by atoms with Gasteiger partial charge in [-0.3, -0.25) is 4.90 Å². The van der Waals surface area contributed by atoms with Gasteiger partial charge >= 0.3 is 5.97 Å². The molecule has 0 N–H and O–H groups in total. The first-order valence-corrected chi connectivity index (χ1v) is 8.34. The number of esters is 1. The largest absolute Gasteiger partial charge is 0.467 e. The summed E-state index contributed by atoms with van der Waals surface area (Å²) in [6, 6.07) is 5.44. The highest BCUT2D eigenvalue weighted by molar-refractivity contribution is 7.99. The lowest BCUT2D eigenvalue weighted by Gasteiger charge is -2.31. The van der Waals surface area contributed by atoms with Crippen molar-refractivity contribution in [3.05, 3.63) is 28.2 Å². The Bertz CT molecular complexity index is 501. The van der Waals surface area contributed by atoms with Gasteiger partial charge in [-0.25, -0.2) is 4.79 Å². The molecular weight excluding hydrogens is 333 g/mol. The van der Waals surface area contributed by atoms with Crippen molar-refractivity contribution in [2.75, 3.05) is 39.1 Å². The minimum Gasteiger partial charge on any atom is -0.467 e. The second-order valence-corrected chi connectivity index (χ2v) is 6.59. The monoisotopic (exact) mass is 349 g/mol. The molecule has 0 amide bonds. The summed E-state index contributed by atoms with van der Waals surface area (Å²) >= 11 is 13.7. The molecule has 1 unspecified atom stereocenters. The summed E-state index contributed by atoms with van der Waals surface area (Å²) in [5.74, 6) is 0.554. The molecule has 0 saturated carbocycles. The Morgan fingerprint density at radius 1 is 1.52 bits per heavy atom. The van der Waals surface area contributed by atoms with Crippen molar-refractivity contribution in [1.82, 2.24) is 4.90 Å². The SMILES string of the molecule is COC(=O)C1CN(CCSc2cc(Cl)ccc2Cl)CCO1. The maximum Gasteiger partial charge on any atom is 0.336 e. The van der Waals surface area contributed by atoms with Crippen molar-refractivity contribution in [1.29, 1.82) is 0 Å². The maximum absolute atomic E-state index is 11.5. The molecule has 1 fully saturated rings. The van der Waals surface area contributed by atoms with Gasteiger partial charge < -0.3 is 9.47 Å². The number of hydrogen-bond acceptors (Lipinski definition) is 5. The highest BCUT2D eigenvalue weighted by Gasteiger charge is 2.26. The van der Waals surface area contributed by atoms with Crippen LogP contribution in [-0.4, -0.2) is 56.1 Å². The van der Waals surface area contributed by atoms with Crippen LogP contribution in [0, 0.1) is 0 Å². The summed E-state index contributed by atoms with van der Waals surface area (Å²) in [5, 5.41) is 1.39. The van der Waals surface area contributed by atoms with E-state index in [1.165, 1.54) is 7.11 Å². The molecule has 1 saturated heterocycles. The van der Waals surface area contributed by atoms with Gasteiger partial charge in [0.05, 0.1) is 18.7 Å². The van der Waals surface area contributed by atoms with Crippen LogP contribution in [0.4, 0.5) is 0 Å². The number of carbonyl (C=O) groups excluding carboxylic acids is 1. The number of rotatable bonds is 5. The molecule has 116 valence electrons. The molecule has 0 radical (unpaired) electrons. The summed E-state index contributed by atoms with van der Waals surface area (Å²) in [6.07, 6.45) is -0.483. The number of halogens is 2. The van der Waals surface area contributed by atoms with Gasteiger partial charge in [0, 0.05) is 35.3 Å². The van der Waals surface area contributed by atoms with Gasteiger partial charge in [-0.2, -0.15) is 0 Å². The number of benzene rings is 1. The Morgan fingerprint density at radius 2 is 2.33 bits per heavy atom. The number of hydrogen-bond donors (Lipinski definition) is 0. The molecule has 1 atom stereocenters. The van der Waals surface area contributed by atoms with Crippen LogP contribution in [0.25, 0.3) is 0 Å². The normalized spacial score (nSPS) is 19.5. The first-order chi connectivity index (χ1) is 10.1. The Labute approximate surface area is 138 Å². The minimum absolute atomic E-state index is 0.315. The first-order valence-electron chi connectivity index (χ1n) is 6.60. The quantitative estimate of drug-likeness (QED) is 0.603. The second-order valence-electron chi connectivity index (χ2n) is 4.61. The molecule has 1 aliphatic heterocycles. The molecule has 21 heavy (non-hydrogen) atoms. The number of nitrogens with zero attached hydrogens (tertiary/aromatic N) is 1. The molecular formula is C14H17Cl2NO3S. The van der Waals surface area contributed by atoms with Gasteiger partial charge in [0.25, 0.3) is 0 Å². The molecule has 0 bridgehead atoms. The highest BCUT2D eigenvalue weighted by Crippen LogP contribution is 2.29. The van der Waals surface area contributed by atoms with E-state index in [-0.39, 0.29) is 5.97 Å². The van der Waals surface area contributed by atoms with Crippen molar-refractivity contribution in [3.8, 4) is 0 Å². The van der Waals surface area contributed by atoms with Gasteiger partial charge in [-0.05, 0) is 18.2 Å². The molecule has 1 aromatic rings. The average molecular weight is 350 g/mol. The van der Waals surface area contributed by atoms with Crippen molar-refractivity contribution >= 4 is 40.9 Å². The van der Waals surface area contributed by atoms with Crippen LogP contribution in [-0.2, 0) is 14.3 Å². The molecule has 0 spiro atoms. The topological polar surface area (TPSA) is 38.8 Å². The van der Waals surface area contributed by atoms with Crippen LogP contribution in [0.15, 0.2) is 23.1 Å². The number of thioether (sulfide) groups is 1. The highest BCUT2D eigenvalue weighted by atomic mass is 35.5. The third kappa shape index (κ3) is 5.04. The van der Waals surface area contributed by atoms with E-state index in [2.05, 4.69) is 4.90 Å². The number of morpholine rings is 1. The van der Waals surface area contributed by atoms with Crippen molar-refractivity contribution in [2.24, 2.45) is 0 Å². The van der Waals surface area contributed by atoms with Crippen LogP contribution in [0.5, 0.6) is 0 Å². The van der Waals surface area contributed by atoms with Crippen LogP contribution in [0.1, 0.15) is 0 Å². The minimum atomic E-state index is -0.483. The second kappa shape index (κ2) is 8.25. The first kappa shape index (κ1) is 16.9. The Balaban J connectivity index is 1.80. The maximum atomic E-state index is 11.5. The van der Waals surface area contributed by atoms with Crippen LogP contribution in [0.2, 0.25) is 10.0 Å². The summed E-state index contributed by atoms with van der Waals surface area (Å²) in [5.41, 5.74) is 0. The third-order valence-electron chi connectivity index (χ3n) is 3.17. The van der Waals surface area contributed by atoms with Crippen molar-refractivity contribution < 1.29 is 14.3 Å². The van der Waals surface area contributed by atoms with Gasteiger partial charge in [-0.15, -0.1) is 11.8 Å². The van der Waals surface area contributed by atoms with Crippen molar-refractivity contribution in [2.45, 2.75) is 11.0 Å². The Morgan fingerprint density at radius 3 is 3.10 bits per heavy atom. The molecule has 1 aromatic carbocycles. The fourth-order valence-electron chi connectivity index (χ4n) is 2.05. The lowest BCUT2D eigenvalue weighted by atomic mass is 10.3. The summed E-state index contributed by atoms with van der Waals surface area (Å²) in [4.78, 5) is 14.6. The Hall–Kier alpha value is -0.460. The fourth-order valence-corrected chi connectivity index (χ4v) is 3.56. The molecule has 1 aliphatic rings. The van der Waals surface area contributed by atoms with E-state index >= 15 is 0 Å². The van der Waals surface area contributed by atoms with Crippen LogP contribution < -0.4 is 0 Å². The number of methoxy groups -OCH3 is 1. The molecule has 4 nitrogen and oxygen atoms in total. The van der Waals surface area contributed by atoms with E-state index < -0.39 is 6.10 Å². The lowest BCUT2D eigenvalue weighted by molar-refractivity contribution is -0.159. The van der Waals surface area contributed by atoms with E-state index in [0.29, 0.717) is 23.2 Å². The van der Waals surface area contributed by atoms with Crippen LogP contribution in [0.3, 0.4) is 0 Å². The van der Waals surface area contributed by atoms with Crippen molar-refractivity contribution in [3.63, 3.8) is 0 Å². The zero-order valence-corrected chi connectivity index (χ0v) is 14.0. The predicted octanol–water partition coefficient (Wildman–Crippen LogP) is 2.96. The summed E-state index contributed by atoms with van der Waals surface area (Å²) in [6.45, 7) is 2.78. The molecule has 2 rings (SSSR count). The fraction of sp³-hybridized carbons (Fsp3) is 0.500. The zero-order valence-electron chi connectivity index (χ0n) is 11.7.